The summed E-state index contributed by atoms with van der Waals surface area (Å²) in [6.45, 7) is 3.85. The van der Waals surface area contributed by atoms with Crippen LogP contribution in [0, 0.1) is 5.92 Å². The predicted molar refractivity (Wildman–Crippen MR) is 35.3 cm³/mol. The van der Waals surface area contributed by atoms with Gasteiger partial charge in [-0.05, 0) is 5.92 Å². The molecule has 0 bridgehead atoms. The Morgan fingerprint density at radius 2 is 2.30 bits per heavy atom. The second-order valence-corrected chi connectivity index (χ2v) is 2.97. The van der Waals surface area contributed by atoms with E-state index in [0.29, 0.717) is 0 Å². The third-order valence-corrected chi connectivity index (χ3v) is 1.68. The first kappa shape index (κ1) is 7.54. The quantitative estimate of drug-likeness (QED) is 0.539. The van der Waals surface area contributed by atoms with Crippen molar-refractivity contribution in [3.05, 3.63) is 0 Å². The third kappa shape index (κ3) is 1.29. The fraction of sp³-hybridized carbons (Fsp3) is 0.857. The molecule has 1 rings (SSSR count). The molecule has 0 aromatic carbocycles. The topological polar surface area (TPSA) is 46.5 Å². The molecule has 0 aromatic rings. The van der Waals surface area contributed by atoms with E-state index in [1.54, 1.807) is 0 Å². The molecule has 0 radical (unpaired) electrons. The Labute approximate surface area is 60.0 Å². The van der Waals surface area contributed by atoms with Gasteiger partial charge in [-0.15, -0.1) is 0 Å². The van der Waals surface area contributed by atoms with Gasteiger partial charge >= 0.3 is 5.97 Å². The van der Waals surface area contributed by atoms with Gasteiger partial charge in [-0.2, -0.15) is 0 Å². The van der Waals surface area contributed by atoms with Crippen LogP contribution in [0.25, 0.3) is 0 Å². The molecule has 1 fully saturated rings. The van der Waals surface area contributed by atoms with Gasteiger partial charge in [0.2, 0.25) is 0 Å². The van der Waals surface area contributed by atoms with E-state index in [1.165, 1.54) is 0 Å². The largest absolute Gasteiger partial charge is 0.459 e. The first-order valence-electron chi connectivity index (χ1n) is 3.49. The van der Waals surface area contributed by atoms with E-state index in [1.807, 2.05) is 13.8 Å². The monoisotopic (exact) mass is 144 g/mol. The molecule has 58 valence electrons. The van der Waals surface area contributed by atoms with Gasteiger partial charge in [-0.3, -0.25) is 4.79 Å². The molecule has 1 N–H and O–H groups in total. The molecule has 0 aliphatic carbocycles. The van der Waals surface area contributed by atoms with Crippen LogP contribution in [0.4, 0.5) is 0 Å². The first-order chi connectivity index (χ1) is 4.61. The van der Waals surface area contributed by atoms with Gasteiger partial charge < -0.3 is 9.84 Å². The molecule has 1 aliphatic rings. The third-order valence-electron chi connectivity index (χ3n) is 1.68. The van der Waals surface area contributed by atoms with Gasteiger partial charge in [0.15, 0.2) is 0 Å². The highest BCUT2D eigenvalue weighted by molar-refractivity contribution is 5.72. The number of rotatable bonds is 1. The average molecular weight is 144 g/mol. The number of aliphatic hydroxyl groups excluding tert-OH is 1. The minimum Gasteiger partial charge on any atom is -0.459 e. The smallest absolute Gasteiger partial charge is 0.308 e. The van der Waals surface area contributed by atoms with E-state index in [0.717, 1.165) is 0 Å². The molecule has 1 aliphatic heterocycles. The number of cyclic esters (lactones) is 1. The van der Waals surface area contributed by atoms with Crippen molar-refractivity contribution >= 4 is 5.97 Å². The Bertz CT molecular complexity index is 142. The number of carbonyl (C=O) groups is 1. The predicted octanol–water partition coefficient (Wildman–Crippen LogP) is 0.319. The van der Waals surface area contributed by atoms with Crippen LogP contribution in [0.3, 0.4) is 0 Å². The van der Waals surface area contributed by atoms with Gasteiger partial charge in [-0.25, -0.2) is 0 Å². The summed E-state index contributed by atoms with van der Waals surface area (Å²) >= 11 is 0. The van der Waals surface area contributed by atoms with Crippen LogP contribution in [0.15, 0.2) is 0 Å². The van der Waals surface area contributed by atoms with Crippen molar-refractivity contribution in [1.29, 1.82) is 0 Å². The van der Waals surface area contributed by atoms with Crippen LogP contribution in [-0.4, -0.2) is 23.3 Å². The van der Waals surface area contributed by atoms with E-state index in [-0.39, 0.29) is 24.4 Å². The number of hydrogen-bond donors (Lipinski definition) is 1. The lowest BCUT2D eigenvalue weighted by Gasteiger charge is -2.15. The molecule has 0 spiro atoms. The molecular formula is C7H12O3. The van der Waals surface area contributed by atoms with Gasteiger partial charge in [0.05, 0.1) is 6.42 Å². The SMILES string of the molecule is CC(C)[C@H]1OC(=O)C[C@@H]1O. The Morgan fingerprint density at radius 1 is 1.70 bits per heavy atom. The molecule has 1 saturated heterocycles. The summed E-state index contributed by atoms with van der Waals surface area (Å²) in [4.78, 5) is 10.6. The highest BCUT2D eigenvalue weighted by Crippen LogP contribution is 2.21. The number of carbonyl (C=O) groups excluding carboxylic acids is 1. The molecule has 0 amide bonds. The van der Waals surface area contributed by atoms with E-state index >= 15 is 0 Å². The molecule has 10 heavy (non-hydrogen) atoms. The van der Waals surface area contributed by atoms with E-state index < -0.39 is 6.10 Å². The molecule has 3 nitrogen and oxygen atoms in total. The maximum Gasteiger partial charge on any atom is 0.308 e. The van der Waals surface area contributed by atoms with Crippen molar-refractivity contribution in [2.75, 3.05) is 0 Å². The van der Waals surface area contributed by atoms with E-state index in [9.17, 15) is 9.90 Å². The zero-order valence-corrected chi connectivity index (χ0v) is 6.20. The van der Waals surface area contributed by atoms with Crippen LogP contribution in [0.2, 0.25) is 0 Å². The van der Waals surface area contributed by atoms with Crippen LogP contribution < -0.4 is 0 Å². The van der Waals surface area contributed by atoms with Crippen molar-refractivity contribution in [2.45, 2.75) is 32.5 Å². The molecule has 1 heterocycles. The molecule has 0 aromatic heterocycles. The summed E-state index contributed by atoms with van der Waals surface area (Å²) < 4.78 is 4.85. The van der Waals surface area contributed by atoms with E-state index in [4.69, 9.17) is 4.74 Å². The molecule has 3 heteroatoms. The summed E-state index contributed by atoms with van der Waals surface area (Å²) in [6.07, 6.45) is -0.719. The summed E-state index contributed by atoms with van der Waals surface area (Å²) in [5.41, 5.74) is 0. The number of ether oxygens (including phenoxy) is 1. The lowest BCUT2D eigenvalue weighted by molar-refractivity contribution is -0.143. The van der Waals surface area contributed by atoms with Crippen LogP contribution in [0.5, 0.6) is 0 Å². The van der Waals surface area contributed by atoms with Gasteiger partial charge in [-0.1, -0.05) is 13.8 Å². The summed E-state index contributed by atoms with van der Waals surface area (Å²) in [5.74, 6) is -0.0762. The molecule has 0 unspecified atom stereocenters. The highest BCUT2D eigenvalue weighted by Gasteiger charge is 2.34. The Morgan fingerprint density at radius 3 is 2.50 bits per heavy atom. The van der Waals surface area contributed by atoms with E-state index in [2.05, 4.69) is 0 Å². The zero-order valence-electron chi connectivity index (χ0n) is 6.20. The molecular weight excluding hydrogens is 132 g/mol. The second-order valence-electron chi connectivity index (χ2n) is 2.97. The Kier molecular flexibility index (Phi) is 1.94. The minimum atomic E-state index is -0.590. The number of aliphatic hydroxyl groups is 1. The van der Waals surface area contributed by atoms with Crippen molar-refractivity contribution < 1.29 is 14.6 Å². The summed E-state index contributed by atoms with van der Waals surface area (Å²) in [6, 6.07) is 0. The fourth-order valence-corrected chi connectivity index (χ4v) is 1.15. The Hall–Kier alpha value is -0.570. The summed E-state index contributed by atoms with van der Waals surface area (Å²) in [5, 5.41) is 9.18. The molecule has 0 saturated carbocycles. The summed E-state index contributed by atoms with van der Waals surface area (Å²) in [7, 11) is 0. The minimum absolute atomic E-state index is 0.156. The highest BCUT2D eigenvalue weighted by atomic mass is 16.6. The average Bonchev–Trinajstić information content (AvgIpc) is 2.10. The van der Waals surface area contributed by atoms with Crippen molar-refractivity contribution in [1.82, 2.24) is 0 Å². The van der Waals surface area contributed by atoms with Crippen LogP contribution in [-0.2, 0) is 9.53 Å². The van der Waals surface area contributed by atoms with Crippen molar-refractivity contribution in [3.8, 4) is 0 Å². The van der Waals surface area contributed by atoms with Crippen LogP contribution >= 0.6 is 0 Å². The normalized spacial score (nSPS) is 33.0. The maximum absolute atomic E-state index is 10.6. The van der Waals surface area contributed by atoms with Gasteiger partial charge in [0.25, 0.3) is 0 Å². The zero-order chi connectivity index (χ0) is 7.72. The standard InChI is InChI=1S/C7H12O3/c1-4(2)7-5(8)3-6(9)10-7/h4-5,7-8H,3H2,1-2H3/t5-,7+/m0/s1. The maximum atomic E-state index is 10.6. The Balaban J connectivity index is 2.54. The second kappa shape index (κ2) is 2.58. The fourth-order valence-electron chi connectivity index (χ4n) is 1.15. The lowest BCUT2D eigenvalue weighted by Crippen LogP contribution is -2.26. The van der Waals surface area contributed by atoms with Gasteiger partial charge in [0, 0.05) is 0 Å². The van der Waals surface area contributed by atoms with Crippen LogP contribution in [0.1, 0.15) is 20.3 Å². The van der Waals surface area contributed by atoms with Gasteiger partial charge in [0.1, 0.15) is 12.2 Å². The molecule has 2 atom stereocenters. The van der Waals surface area contributed by atoms with Crippen molar-refractivity contribution in [2.24, 2.45) is 5.92 Å². The first-order valence-corrected chi connectivity index (χ1v) is 3.49. The number of esters is 1. The number of hydrogen-bond acceptors (Lipinski definition) is 3. The lowest BCUT2D eigenvalue weighted by atomic mass is 10.0. The van der Waals surface area contributed by atoms with Crippen molar-refractivity contribution in [3.63, 3.8) is 0 Å².